The van der Waals surface area contributed by atoms with E-state index in [1.165, 1.54) is 35.9 Å². The fourth-order valence-corrected chi connectivity index (χ4v) is 6.29. The zero-order valence-corrected chi connectivity index (χ0v) is 20.8. The van der Waals surface area contributed by atoms with E-state index in [4.69, 9.17) is 5.73 Å². The molecule has 0 aromatic heterocycles. The quantitative estimate of drug-likeness (QED) is 0.644. The lowest BCUT2D eigenvalue weighted by molar-refractivity contribution is -0.134. The molecule has 3 amide bonds. The fourth-order valence-electron chi connectivity index (χ4n) is 5.38. The maximum absolute atomic E-state index is 13.2. The molecule has 0 aromatic carbocycles. The van der Waals surface area contributed by atoms with Crippen molar-refractivity contribution in [2.45, 2.75) is 44.6 Å². The van der Waals surface area contributed by atoms with Gasteiger partial charge < -0.3 is 20.9 Å². The van der Waals surface area contributed by atoms with E-state index in [-0.39, 0.29) is 23.8 Å². The summed E-state index contributed by atoms with van der Waals surface area (Å²) in [5.74, 6) is 0.609. The average Bonchev–Trinajstić information content (AvgIpc) is 2.85. The first kappa shape index (κ1) is 25.6. The molecule has 3 N–H and O–H groups in total. The topological polar surface area (TPSA) is 106 Å². The van der Waals surface area contributed by atoms with Crippen LogP contribution in [0.15, 0.2) is 22.8 Å². The maximum Gasteiger partial charge on any atom is 0.323 e. The normalized spacial score (nSPS) is 27.5. The molecule has 2 saturated heterocycles. The highest BCUT2D eigenvalue weighted by molar-refractivity contribution is 8.03. The molecule has 3 atom stereocenters. The number of imide groups is 1. The number of fused-ring (bicyclic) bond motifs is 1. The fraction of sp³-hybridized carbons (Fsp3) is 0.708. The lowest BCUT2D eigenvalue weighted by Crippen LogP contribution is -2.53. The smallest absolute Gasteiger partial charge is 0.323 e. The Morgan fingerprint density at radius 1 is 1.33 bits per heavy atom. The highest BCUT2D eigenvalue weighted by Crippen LogP contribution is 2.38. The van der Waals surface area contributed by atoms with Gasteiger partial charge in [0.1, 0.15) is 6.07 Å². The predicted molar refractivity (Wildman–Crippen MR) is 132 cm³/mol. The van der Waals surface area contributed by atoms with E-state index in [9.17, 15) is 14.9 Å². The van der Waals surface area contributed by atoms with Crippen molar-refractivity contribution < 1.29 is 9.59 Å². The molecule has 2 fully saturated rings. The molecule has 0 aliphatic carbocycles. The number of carbonyl (C=O) groups is 2. The van der Waals surface area contributed by atoms with E-state index >= 15 is 0 Å². The molecule has 3 heterocycles. The second kappa shape index (κ2) is 11.9. The first-order valence-electron chi connectivity index (χ1n) is 12.0. The number of rotatable bonds is 4. The molecule has 9 heteroatoms. The van der Waals surface area contributed by atoms with Crippen LogP contribution >= 0.6 is 11.8 Å². The molecule has 0 bridgehead atoms. The Hall–Kier alpha value is -2.02. The second-order valence-electron chi connectivity index (χ2n) is 9.53. The number of carbonyl (C=O) groups excluding carboxylic acids is 2. The molecule has 3 aliphatic rings. The Morgan fingerprint density at radius 2 is 2.06 bits per heavy atom. The van der Waals surface area contributed by atoms with Crippen LogP contribution < -0.4 is 11.1 Å². The number of piperidine rings is 2. The molecular formula is C24H38N6O2S. The van der Waals surface area contributed by atoms with Crippen LogP contribution in [0.2, 0.25) is 0 Å². The number of thioether (sulfide) groups is 1. The van der Waals surface area contributed by atoms with E-state index < -0.39 is 0 Å². The summed E-state index contributed by atoms with van der Waals surface area (Å²) < 4.78 is 0. The molecule has 0 radical (unpaired) electrons. The van der Waals surface area contributed by atoms with Crippen LogP contribution in [-0.2, 0) is 4.79 Å². The van der Waals surface area contributed by atoms with Crippen molar-refractivity contribution in [3.8, 4) is 6.07 Å². The Morgan fingerprint density at radius 3 is 2.76 bits per heavy atom. The van der Waals surface area contributed by atoms with Crippen molar-refractivity contribution in [2.24, 2.45) is 17.6 Å². The van der Waals surface area contributed by atoms with Crippen molar-refractivity contribution in [3.05, 3.63) is 22.8 Å². The zero-order chi connectivity index (χ0) is 24.0. The number of allylic oxidation sites excluding steroid dienone is 2. The minimum atomic E-state index is -0.334. The number of nitrogens with one attached hydrogen (secondary N) is 1. The molecule has 3 aliphatic heterocycles. The van der Waals surface area contributed by atoms with Crippen LogP contribution in [0.1, 0.15) is 38.5 Å². The number of urea groups is 1. The van der Waals surface area contributed by atoms with Crippen LogP contribution in [0, 0.1) is 23.2 Å². The van der Waals surface area contributed by atoms with E-state index in [2.05, 4.69) is 27.8 Å². The van der Waals surface area contributed by atoms with Crippen molar-refractivity contribution in [1.29, 1.82) is 5.26 Å². The molecule has 8 nitrogen and oxygen atoms in total. The van der Waals surface area contributed by atoms with Gasteiger partial charge in [0.05, 0.1) is 16.5 Å². The van der Waals surface area contributed by atoms with E-state index in [0.717, 1.165) is 37.4 Å². The third kappa shape index (κ3) is 6.52. The van der Waals surface area contributed by atoms with E-state index in [1.807, 2.05) is 7.05 Å². The lowest BCUT2D eigenvalue weighted by atomic mass is 9.77. The largest absolute Gasteiger partial charge is 0.392 e. The summed E-state index contributed by atoms with van der Waals surface area (Å²) in [6.45, 7) is 8.28. The van der Waals surface area contributed by atoms with Gasteiger partial charge in [-0.3, -0.25) is 9.69 Å². The Labute approximate surface area is 202 Å². The first-order chi connectivity index (χ1) is 15.8. The summed E-state index contributed by atoms with van der Waals surface area (Å²) in [4.78, 5) is 31.7. The Kier molecular flexibility index (Phi) is 9.24. The first-order valence-corrected chi connectivity index (χ1v) is 13.0. The van der Waals surface area contributed by atoms with Gasteiger partial charge in [0, 0.05) is 38.5 Å². The number of nitriles is 1. The third-order valence-corrected chi connectivity index (χ3v) is 8.19. The standard InChI is InChI=1S/C24H38N6O2S/c1-17-13-18-14-19(16-28(2)21(18)7-12-33-22(26)20(17)15-25)23(31)29(3)24(32)27-8-11-30-9-5-4-6-10-30/h18-19,21H,1,4-14,16,26H2,2-3H3,(H,27,32)/t18-,19+,21+/m0/s1. The minimum absolute atomic E-state index is 0.147. The zero-order valence-electron chi connectivity index (χ0n) is 20.0. The third-order valence-electron chi connectivity index (χ3n) is 7.23. The summed E-state index contributed by atoms with van der Waals surface area (Å²) >= 11 is 1.51. The van der Waals surface area contributed by atoms with Crippen LogP contribution in [0.25, 0.3) is 0 Å². The monoisotopic (exact) mass is 474 g/mol. The predicted octanol–water partition coefficient (Wildman–Crippen LogP) is 2.35. The minimum Gasteiger partial charge on any atom is -0.392 e. The summed E-state index contributed by atoms with van der Waals surface area (Å²) in [6.07, 6.45) is 5.97. The summed E-state index contributed by atoms with van der Waals surface area (Å²) in [7, 11) is 3.61. The molecule has 0 aromatic rings. The number of hydrogen-bond acceptors (Lipinski definition) is 7. The molecular weight excluding hydrogens is 436 g/mol. The van der Waals surface area contributed by atoms with Crippen molar-refractivity contribution in [3.63, 3.8) is 0 Å². The Bertz CT molecular complexity index is 816. The molecule has 0 spiro atoms. The van der Waals surface area contributed by atoms with Crippen molar-refractivity contribution in [1.82, 2.24) is 20.0 Å². The van der Waals surface area contributed by atoms with Gasteiger partial charge in [-0.1, -0.05) is 13.0 Å². The molecule has 182 valence electrons. The SMILES string of the molecule is C=C1C[C@H]2C[C@@H](C(=O)N(C)C(=O)NCCN3CCCCC3)CN(C)[C@@H]2CCSC(N)=C1C#N. The van der Waals surface area contributed by atoms with Crippen LogP contribution in [-0.4, -0.2) is 85.3 Å². The van der Waals surface area contributed by atoms with E-state index in [1.54, 1.807) is 7.05 Å². The number of likely N-dealkylation sites (tertiary alicyclic amines) is 2. The highest BCUT2D eigenvalue weighted by Gasteiger charge is 2.39. The van der Waals surface area contributed by atoms with Crippen LogP contribution in [0.5, 0.6) is 0 Å². The van der Waals surface area contributed by atoms with Crippen molar-refractivity contribution >= 4 is 23.7 Å². The van der Waals surface area contributed by atoms with Crippen LogP contribution in [0.4, 0.5) is 4.79 Å². The van der Waals surface area contributed by atoms with Gasteiger partial charge in [-0.2, -0.15) is 5.26 Å². The van der Waals surface area contributed by atoms with Gasteiger partial charge in [-0.25, -0.2) is 4.79 Å². The van der Waals surface area contributed by atoms with Gasteiger partial charge in [0.2, 0.25) is 5.91 Å². The number of amides is 3. The van der Waals surface area contributed by atoms with Gasteiger partial charge >= 0.3 is 6.03 Å². The van der Waals surface area contributed by atoms with Gasteiger partial charge in [0.25, 0.3) is 0 Å². The molecule has 0 saturated carbocycles. The summed E-state index contributed by atoms with van der Waals surface area (Å²) in [5, 5.41) is 13.0. The Balaban J connectivity index is 1.58. The van der Waals surface area contributed by atoms with Crippen LogP contribution in [0.3, 0.4) is 0 Å². The highest BCUT2D eigenvalue weighted by atomic mass is 32.2. The maximum atomic E-state index is 13.2. The van der Waals surface area contributed by atoms with E-state index in [0.29, 0.717) is 42.6 Å². The van der Waals surface area contributed by atoms with Gasteiger partial charge in [0.15, 0.2) is 0 Å². The molecule has 3 rings (SSSR count). The second-order valence-corrected chi connectivity index (χ2v) is 10.7. The lowest BCUT2D eigenvalue weighted by Gasteiger charge is -2.43. The number of nitrogens with two attached hydrogens (primary N) is 1. The van der Waals surface area contributed by atoms with Gasteiger partial charge in [-0.05, 0) is 63.7 Å². The number of nitrogens with zero attached hydrogens (tertiary/aromatic N) is 4. The van der Waals surface area contributed by atoms with Gasteiger partial charge in [-0.15, -0.1) is 11.8 Å². The number of hydrogen-bond donors (Lipinski definition) is 2. The summed E-state index contributed by atoms with van der Waals surface area (Å²) in [6, 6.07) is 2.17. The molecule has 0 unspecified atom stereocenters. The van der Waals surface area contributed by atoms with Crippen molar-refractivity contribution in [2.75, 3.05) is 52.6 Å². The molecule has 33 heavy (non-hydrogen) atoms. The summed E-state index contributed by atoms with van der Waals surface area (Å²) in [5.41, 5.74) is 7.33. The average molecular weight is 475 g/mol.